The number of amides is 2. The van der Waals surface area contributed by atoms with Gasteiger partial charge >= 0.3 is 6.01 Å². The molecule has 0 bridgehead atoms. The summed E-state index contributed by atoms with van der Waals surface area (Å²) in [5, 5.41) is 7.85. The molecule has 2 amide bonds. The Morgan fingerprint density at radius 2 is 2.08 bits per heavy atom. The van der Waals surface area contributed by atoms with Gasteiger partial charge in [-0.1, -0.05) is 0 Å². The van der Waals surface area contributed by atoms with Gasteiger partial charge in [0, 0.05) is 24.8 Å². The Morgan fingerprint density at radius 3 is 2.81 bits per heavy atom. The van der Waals surface area contributed by atoms with E-state index in [1.54, 1.807) is 30.3 Å². The molecule has 2 aromatic heterocycles. The summed E-state index contributed by atoms with van der Waals surface area (Å²) >= 11 is 5.06. The first-order chi connectivity index (χ1) is 12.5. The van der Waals surface area contributed by atoms with Gasteiger partial charge in [0.15, 0.2) is 10.7 Å². The van der Waals surface area contributed by atoms with Crippen molar-refractivity contribution in [2.75, 3.05) is 10.6 Å². The van der Waals surface area contributed by atoms with Gasteiger partial charge in [-0.25, -0.2) is 0 Å². The number of hydrogen-bond donors (Lipinski definition) is 3. The number of nitrogens with one attached hydrogen (secondary N) is 3. The third-order valence-electron chi connectivity index (χ3n) is 3.11. The first-order valence-corrected chi connectivity index (χ1v) is 7.92. The van der Waals surface area contributed by atoms with Crippen molar-refractivity contribution in [1.29, 1.82) is 0 Å². The highest BCUT2D eigenvalue weighted by molar-refractivity contribution is 7.80. The van der Waals surface area contributed by atoms with Gasteiger partial charge in [-0.05, 0) is 42.6 Å². The molecule has 0 spiro atoms. The van der Waals surface area contributed by atoms with Crippen LogP contribution < -0.4 is 16.0 Å². The van der Waals surface area contributed by atoms with Crippen molar-refractivity contribution in [3.63, 3.8) is 0 Å². The van der Waals surface area contributed by atoms with Crippen LogP contribution in [-0.2, 0) is 9.59 Å². The zero-order valence-corrected chi connectivity index (χ0v) is 14.4. The summed E-state index contributed by atoms with van der Waals surface area (Å²) in [6, 6.07) is 8.60. The molecule has 26 heavy (non-hydrogen) atoms. The van der Waals surface area contributed by atoms with Crippen LogP contribution in [0, 0.1) is 0 Å². The summed E-state index contributed by atoms with van der Waals surface area (Å²) in [5.74, 6) is -0.0652. The summed E-state index contributed by atoms with van der Waals surface area (Å²) in [4.78, 5) is 27.1. The molecule has 0 radical (unpaired) electrons. The zero-order chi connectivity index (χ0) is 18.5. The number of furan rings is 1. The van der Waals surface area contributed by atoms with E-state index >= 15 is 0 Å². The van der Waals surface area contributed by atoms with Gasteiger partial charge in [0.25, 0.3) is 0 Å². The van der Waals surface area contributed by atoms with E-state index in [2.05, 4.69) is 20.9 Å². The van der Waals surface area contributed by atoms with E-state index in [1.807, 2.05) is 0 Å². The summed E-state index contributed by atoms with van der Waals surface area (Å²) in [6.45, 7) is 1.42. The molecule has 0 atom stereocenters. The highest BCUT2D eigenvalue weighted by atomic mass is 32.1. The molecule has 0 saturated carbocycles. The molecule has 0 aliphatic carbocycles. The summed E-state index contributed by atoms with van der Waals surface area (Å²) in [7, 11) is 0. The van der Waals surface area contributed by atoms with Crippen LogP contribution in [0.1, 0.15) is 12.7 Å². The number of hydrogen-bond acceptors (Lipinski definition) is 6. The smallest absolute Gasteiger partial charge is 0.302 e. The standard InChI is InChI=1S/C17H14N4O4S/c1-10(22)18-11-4-6-13-14(9-11)25-16(19-13)21-17(26)20-15(23)7-5-12-3-2-8-24-12/h2-9H,1H3,(H,18,22)(H2,19,20,21,23,26). The average Bonchev–Trinajstić information content (AvgIpc) is 3.20. The average molecular weight is 370 g/mol. The zero-order valence-electron chi connectivity index (χ0n) is 13.6. The van der Waals surface area contributed by atoms with E-state index in [1.165, 1.54) is 25.3 Å². The normalized spacial score (nSPS) is 10.8. The second-order valence-corrected chi connectivity index (χ2v) is 5.58. The Labute approximate surface area is 153 Å². The maximum atomic E-state index is 11.8. The number of oxazole rings is 1. The maximum Gasteiger partial charge on any atom is 0.302 e. The molecule has 8 nitrogen and oxygen atoms in total. The SMILES string of the molecule is CC(=O)Nc1ccc2nc(NC(=S)NC(=O)C=Cc3ccco3)oc2c1. The Kier molecular flexibility index (Phi) is 5.09. The quantitative estimate of drug-likeness (QED) is 0.478. The first kappa shape index (κ1) is 17.4. The van der Waals surface area contributed by atoms with E-state index in [9.17, 15) is 9.59 Å². The van der Waals surface area contributed by atoms with Crippen molar-refractivity contribution in [1.82, 2.24) is 10.3 Å². The van der Waals surface area contributed by atoms with E-state index in [-0.39, 0.29) is 17.0 Å². The number of rotatable bonds is 4. The van der Waals surface area contributed by atoms with Crippen molar-refractivity contribution in [2.45, 2.75) is 6.92 Å². The van der Waals surface area contributed by atoms with Crippen molar-refractivity contribution < 1.29 is 18.4 Å². The fourth-order valence-corrected chi connectivity index (χ4v) is 2.27. The fraction of sp³-hybridized carbons (Fsp3) is 0.0588. The molecule has 9 heteroatoms. The Hall–Kier alpha value is -3.46. The van der Waals surface area contributed by atoms with Crippen LogP contribution in [0.5, 0.6) is 0 Å². The lowest BCUT2D eigenvalue weighted by Crippen LogP contribution is -2.32. The number of aromatic nitrogens is 1. The molecule has 2 heterocycles. The highest BCUT2D eigenvalue weighted by Crippen LogP contribution is 2.22. The largest absolute Gasteiger partial charge is 0.465 e. The van der Waals surface area contributed by atoms with Crippen LogP contribution in [0.15, 0.2) is 51.5 Å². The predicted octanol–water partition coefficient (Wildman–Crippen LogP) is 2.91. The fourth-order valence-electron chi connectivity index (χ4n) is 2.08. The minimum atomic E-state index is -0.428. The Balaban J connectivity index is 1.61. The van der Waals surface area contributed by atoms with E-state index in [0.29, 0.717) is 22.5 Å². The van der Waals surface area contributed by atoms with Crippen LogP contribution in [0.3, 0.4) is 0 Å². The molecule has 1 aromatic carbocycles. The number of nitrogens with zero attached hydrogens (tertiary/aromatic N) is 1. The maximum absolute atomic E-state index is 11.8. The number of carbonyl (C=O) groups excluding carboxylic acids is 2. The molecule has 0 unspecified atom stereocenters. The third-order valence-corrected chi connectivity index (χ3v) is 3.31. The number of benzene rings is 1. The van der Waals surface area contributed by atoms with Gasteiger partial charge in [-0.3, -0.25) is 20.2 Å². The number of carbonyl (C=O) groups is 2. The second-order valence-electron chi connectivity index (χ2n) is 5.17. The molecule has 3 N–H and O–H groups in total. The molecular formula is C17H14N4O4S. The Morgan fingerprint density at radius 1 is 1.23 bits per heavy atom. The minimum Gasteiger partial charge on any atom is -0.465 e. The van der Waals surface area contributed by atoms with Gasteiger partial charge in [0.2, 0.25) is 11.8 Å². The molecule has 0 aliphatic heterocycles. The van der Waals surface area contributed by atoms with Gasteiger partial charge in [-0.2, -0.15) is 4.98 Å². The van der Waals surface area contributed by atoms with Crippen LogP contribution in [-0.4, -0.2) is 21.9 Å². The molecule has 3 aromatic rings. The summed E-state index contributed by atoms with van der Waals surface area (Å²) in [6.07, 6.45) is 4.31. The van der Waals surface area contributed by atoms with Gasteiger partial charge < -0.3 is 14.2 Å². The number of anilines is 2. The molecule has 132 valence electrons. The topological polar surface area (TPSA) is 109 Å². The van der Waals surface area contributed by atoms with Crippen LogP contribution in [0.25, 0.3) is 17.2 Å². The summed E-state index contributed by atoms with van der Waals surface area (Å²) in [5.41, 5.74) is 1.63. The Bertz CT molecular complexity index is 992. The molecular weight excluding hydrogens is 356 g/mol. The third kappa shape index (κ3) is 4.54. The monoisotopic (exact) mass is 370 g/mol. The summed E-state index contributed by atoms with van der Waals surface area (Å²) < 4.78 is 10.6. The first-order valence-electron chi connectivity index (χ1n) is 7.51. The van der Waals surface area contributed by atoms with Crippen LogP contribution >= 0.6 is 12.2 Å². The van der Waals surface area contributed by atoms with Crippen molar-refractivity contribution in [2.24, 2.45) is 0 Å². The molecule has 0 saturated heterocycles. The molecule has 0 fully saturated rings. The van der Waals surface area contributed by atoms with Gasteiger partial charge in [0.05, 0.1) is 6.26 Å². The lowest BCUT2D eigenvalue weighted by Gasteiger charge is -2.03. The van der Waals surface area contributed by atoms with Crippen LogP contribution in [0.2, 0.25) is 0 Å². The van der Waals surface area contributed by atoms with Crippen LogP contribution in [0.4, 0.5) is 11.7 Å². The molecule has 3 rings (SSSR count). The number of thiocarbonyl (C=S) groups is 1. The number of fused-ring (bicyclic) bond motifs is 1. The minimum absolute atomic E-state index is 0.0349. The van der Waals surface area contributed by atoms with E-state index in [4.69, 9.17) is 21.1 Å². The molecule has 0 aliphatic rings. The second kappa shape index (κ2) is 7.62. The highest BCUT2D eigenvalue weighted by Gasteiger charge is 2.09. The van der Waals surface area contributed by atoms with Crippen molar-refractivity contribution >= 4 is 58.0 Å². The van der Waals surface area contributed by atoms with E-state index < -0.39 is 5.91 Å². The van der Waals surface area contributed by atoms with Gasteiger partial charge in [0.1, 0.15) is 11.3 Å². The van der Waals surface area contributed by atoms with Crippen molar-refractivity contribution in [3.05, 3.63) is 48.4 Å². The predicted molar refractivity (Wildman–Crippen MR) is 100 cm³/mol. The van der Waals surface area contributed by atoms with E-state index in [0.717, 1.165) is 0 Å². The van der Waals surface area contributed by atoms with Gasteiger partial charge in [-0.15, -0.1) is 0 Å². The lowest BCUT2D eigenvalue weighted by atomic mass is 10.3. The lowest BCUT2D eigenvalue weighted by molar-refractivity contribution is -0.115. The van der Waals surface area contributed by atoms with Crippen molar-refractivity contribution in [3.8, 4) is 0 Å².